The molecule has 0 radical (unpaired) electrons. The van der Waals surface area contributed by atoms with Crippen LogP contribution in [0.3, 0.4) is 0 Å². The zero-order chi connectivity index (χ0) is 25.9. The Hall–Kier alpha value is -3.67. The van der Waals surface area contributed by atoms with Crippen LogP contribution in [0.2, 0.25) is 0 Å². The lowest BCUT2D eigenvalue weighted by molar-refractivity contribution is 0.166. The third-order valence-corrected chi connectivity index (χ3v) is 6.66. The van der Waals surface area contributed by atoms with Gasteiger partial charge >= 0.3 is 0 Å². The standard InChI is InChI=1S/C32H27F3O2/c1-2-3-29(36)24-13-10-22(11-14-24)27-17-16-26(31(34)32(27)35)21-7-4-20(5-8-21)6-9-23-12-15-25(18-28(23)33)30-19-37-30/h4-18,29-30,36H,2-3,19H2,1H3/b9-6+. The highest BCUT2D eigenvalue weighted by atomic mass is 19.2. The highest BCUT2D eigenvalue weighted by Crippen LogP contribution is 2.33. The van der Waals surface area contributed by atoms with Crippen molar-refractivity contribution in [2.24, 2.45) is 0 Å². The van der Waals surface area contributed by atoms with Gasteiger partial charge in [0.25, 0.3) is 0 Å². The van der Waals surface area contributed by atoms with E-state index in [0.717, 1.165) is 23.1 Å². The van der Waals surface area contributed by atoms with E-state index in [1.807, 2.05) is 13.0 Å². The molecule has 1 aliphatic rings. The number of rotatable bonds is 8. The molecular weight excluding hydrogens is 473 g/mol. The molecule has 4 aromatic carbocycles. The van der Waals surface area contributed by atoms with Gasteiger partial charge in [-0.1, -0.05) is 98.3 Å². The van der Waals surface area contributed by atoms with E-state index in [4.69, 9.17) is 4.74 Å². The van der Waals surface area contributed by atoms with Crippen molar-refractivity contribution >= 4 is 12.2 Å². The van der Waals surface area contributed by atoms with Crippen LogP contribution >= 0.6 is 0 Å². The maximum absolute atomic E-state index is 15.1. The highest BCUT2D eigenvalue weighted by Gasteiger charge is 2.25. The maximum atomic E-state index is 15.1. The summed E-state index contributed by atoms with van der Waals surface area (Å²) in [6.07, 6.45) is 4.39. The van der Waals surface area contributed by atoms with Crippen molar-refractivity contribution in [2.75, 3.05) is 6.61 Å². The van der Waals surface area contributed by atoms with Gasteiger partial charge in [0.05, 0.1) is 12.7 Å². The number of benzene rings is 4. The molecule has 5 heteroatoms. The molecule has 1 aliphatic heterocycles. The number of aliphatic hydroxyl groups excluding tert-OH is 1. The van der Waals surface area contributed by atoms with Crippen LogP contribution in [0.1, 0.15) is 54.2 Å². The summed E-state index contributed by atoms with van der Waals surface area (Å²) in [5.41, 5.74) is 4.27. The van der Waals surface area contributed by atoms with Crippen LogP contribution in [-0.2, 0) is 4.74 Å². The molecule has 2 unspecified atom stereocenters. The quantitative estimate of drug-likeness (QED) is 0.194. The summed E-state index contributed by atoms with van der Waals surface area (Å²) in [6, 6.07) is 22.1. The van der Waals surface area contributed by atoms with Gasteiger partial charge < -0.3 is 9.84 Å². The molecule has 1 saturated heterocycles. The molecule has 0 amide bonds. The third-order valence-electron chi connectivity index (χ3n) is 6.66. The lowest BCUT2D eigenvalue weighted by Crippen LogP contribution is -1.97. The zero-order valence-corrected chi connectivity index (χ0v) is 20.4. The monoisotopic (exact) mass is 500 g/mol. The molecule has 1 heterocycles. The minimum atomic E-state index is -0.919. The number of epoxide rings is 1. The van der Waals surface area contributed by atoms with Gasteiger partial charge in [0.2, 0.25) is 0 Å². The minimum Gasteiger partial charge on any atom is -0.388 e. The van der Waals surface area contributed by atoms with E-state index in [-0.39, 0.29) is 23.0 Å². The topological polar surface area (TPSA) is 32.8 Å². The van der Waals surface area contributed by atoms with E-state index < -0.39 is 17.7 Å². The SMILES string of the molecule is CCCC(O)c1ccc(-c2ccc(-c3ccc(/C=C/c4ccc(C5CO5)cc4F)cc3)c(F)c2F)cc1. The fourth-order valence-electron chi connectivity index (χ4n) is 4.40. The first-order valence-corrected chi connectivity index (χ1v) is 12.4. The molecule has 0 spiro atoms. The second-order valence-corrected chi connectivity index (χ2v) is 9.27. The van der Waals surface area contributed by atoms with Crippen LogP contribution in [0, 0.1) is 17.5 Å². The van der Waals surface area contributed by atoms with Crippen molar-refractivity contribution in [1.29, 1.82) is 0 Å². The molecule has 5 rings (SSSR count). The lowest BCUT2D eigenvalue weighted by Gasteiger charge is -2.12. The van der Waals surface area contributed by atoms with Crippen LogP contribution in [0.4, 0.5) is 13.2 Å². The van der Waals surface area contributed by atoms with Crippen LogP contribution in [0.5, 0.6) is 0 Å². The summed E-state index contributed by atoms with van der Waals surface area (Å²) in [7, 11) is 0. The minimum absolute atomic E-state index is 0.00416. The fraction of sp³-hybridized carbons (Fsp3) is 0.188. The first kappa shape index (κ1) is 25.0. The van der Waals surface area contributed by atoms with Crippen LogP contribution < -0.4 is 0 Å². The predicted molar refractivity (Wildman–Crippen MR) is 141 cm³/mol. The molecular formula is C32H27F3O2. The molecule has 1 fully saturated rings. The van der Waals surface area contributed by atoms with Gasteiger partial charge in [-0.2, -0.15) is 0 Å². The average Bonchev–Trinajstić information content (AvgIpc) is 3.76. The Morgan fingerprint density at radius 2 is 1.43 bits per heavy atom. The maximum Gasteiger partial charge on any atom is 0.167 e. The molecule has 2 atom stereocenters. The number of ether oxygens (including phenoxy) is 1. The molecule has 0 saturated carbocycles. The van der Waals surface area contributed by atoms with Crippen molar-refractivity contribution in [3.05, 3.63) is 119 Å². The number of hydrogen-bond acceptors (Lipinski definition) is 2. The fourth-order valence-corrected chi connectivity index (χ4v) is 4.40. The molecule has 4 aromatic rings. The Balaban J connectivity index is 1.33. The summed E-state index contributed by atoms with van der Waals surface area (Å²) in [5, 5.41) is 10.1. The third kappa shape index (κ3) is 5.53. The molecule has 1 N–H and O–H groups in total. The lowest BCUT2D eigenvalue weighted by atomic mass is 9.96. The summed E-state index contributed by atoms with van der Waals surface area (Å²) in [5.74, 6) is -2.15. The molecule has 37 heavy (non-hydrogen) atoms. The largest absolute Gasteiger partial charge is 0.388 e. The van der Waals surface area contributed by atoms with Crippen LogP contribution in [0.25, 0.3) is 34.4 Å². The average molecular weight is 501 g/mol. The van der Waals surface area contributed by atoms with Gasteiger partial charge in [-0.3, -0.25) is 0 Å². The summed E-state index contributed by atoms with van der Waals surface area (Å²) in [6.45, 7) is 2.62. The molecule has 0 aromatic heterocycles. The van der Waals surface area contributed by atoms with Gasteiger partial charge in [0.15, 0.2) is 11.6 Å². The van der Waals surface area contributed by atoms with E-state index in [0.29, 0.717) is 29.7 Å². The first-order valence-electron chi connectivity index (χ1n) is 12.4. The Morgan fingerprint density at radius 3 is 1.97 bits per heavy atom. The van der Waals surface area contributed by atoms with Crippen molar-refractivity contribution in [1.82, 2.24) is 0 Å². The summed E-state index contributed by atoms with van der Waals surface area (Å²) >= 11 is 0. The van der Waals surface area contributed by atoms with E-state index in [1.54, 1.807) is 78.9 Å². The Labute approximate surface area is 214 Å². The second kappa shape index (κ2) is 10.8. The van der Waals surface area contributed by atoms with E-state index in [1.165, 1.54) is 6.07 Å². The van der Waals surface area contributed by atoms with Gasteiger partial charge in [-0.15, -0.1) is 0 Å². The molecule has 2 nitrogen and oxygen atoms in total. The predicted octanol–water partition coefficient (Wildman–Crippen LogP) is 8.51. The Morgan fingerprint density at radius 1 is 0.838 bits per heavy atom. The van der Waals surface area contributed by atoms with E-state index in [2.05, 4.69) is 0 Å². The van der Waals surface area contributed by atoms with Crippen LogP contribution in [0.15, 0.2) is 78.9 Å². The second-order valence-electron chi connectivity index (χ2n) is 9.27. The van der Waals surface area contributed by atoms with Crippen molar-refractivity contribution in [3.63, 3.8) is 0 Å². The summed E-state index contributed by atoms with van der Waals surface area (Å²) in [4.78, 5) is 0. The van der Waals surface area contributed by atoms with E-state index >= 15 is 8.78 Å². The van der Waals surface area contributed by atoms with Crippen molar-refractivity contribution in [2.45, 2.75) is 32.0 Å². The first-order chi connectivity index (χ1) is 17.9. The van der Waals surface area contributed by atoms with Gasteiger partial charge in [-0.05, 0) is 40.3 Å². The number of hydrogen-bond donors (Lipinski definition) is 1. The van der Waals surface area contributed by atoms with Crippen molar-refractivity contribution < 1.29 is 23.0 Å². The smallest absolute Gasteiger partial charge is 0.167 e. The number of aliphatic hydroxyl groups is 1. The zero-order valence-electron chi connectivity index (χ0n) is 20.4. The Kier molecular flexibility index (Phi) is 7.26. The van der Waals surface area contributed by atoms with E-state index in [9.17, 15) is 9.50 Å². The van der Waals surface area contributed by atoms with Gasteiger partial charge in [0.1, 0.15) is 11.9 Å². The molecule has 188 valence electrons. The van der Waals surface area contributed by atoms with Crippen molar-refractivity contribution in [3.8, 4) is 22.3 Å². The van der Waals surface area contributed by atoms with Gasteiger partial charge in [-0.25, -0.2) is 13.2 Å². The van der Waals surface area contributed by atoms with Crippen LogP contribution in [-0.4, -0.2) is 11.7 Å². The molecule has 0 aliphatic carbocycles. The Bertz CT molecular complexity index is 1420. The normalized spacial score (nSPS) is 15.8. The highest BCUT2D eigenvalue weighted by molar-refractivity contribution is 5.75. The molecule has 0 bridgehead atoms. The van der Waals surface area contributed by atoms with Gasteiger partial charge in [0, 0.05) is 16.7 Å². The summed E-state index contributed by atoms with van der Waals surface area (Å²) < 4.78 is 49.7. The number of halogens is 3.